The Labute approximate surface area is 106 Å². The molecule has 1 aromatic heterocycles. The van der Waals surface area contributed by atoms with Crippen molar-refractivity contribution in [1.29, 1.82) is 0 Å². The van der Waals surface area contributed by atoms with Gasteiger partial charge in [-0.3, -0.25) is 0 Å². The van der Waals surface area contributed by atoms with Crippen molar-refractivity contribution < 1.29 is 0 Å². The van der Waals surface area contributed by atoms with E-state index < -0.39 is 0 Å². The monoisotopic (exact) mass is 234 g/mol. The lowest BCUT2D eigenvalue weighted by Gasteiger charge is -2.12. The number of fused-ring (bicyclic) bond motifs is 1. The number of hydrogen-bond acceptors (Lipinski definition) is 2. The summed E-state index contributed by atoms with van der Waals surface area (Å²) in [5, 5.41) is 2.44. The average Bonchev–Trinajstić information content (AvgIpc) is 2.40. The SMILES string of the molecule is Cc1ccc2ccccc2c1-c1cccnc1N. The molecule has 88 valence electrons. The van der Waals surface area contributed by atoms with Crippen LogP contribution in [0.1, 0.15) is 5.56 Å². The highest BCUT2D eigenvalue weighted by atomic mass is 14.8. The first kappa shape index (κ1) is 10.8. The molecule has 0 aliphatic rings. The molecule has 0 saturated carbocycles. The van der Waals surface area contributed by atoms with Gasteiger partial charge in [0.25, 0.3) is 0 Å². The maximum Gasteiger partial charge on any atom is 0.131 e. The fraction of sp³-hybridized carbons (Fsp3) is 0.0625. The Hall–Kier alpha value is -2.35. The Kier molecular flexibility index (Phi) is 2.49. The normalized spacial score (nSPS) is 10.7. The predicted molar refractivity (Wildman–Crippen MR) is 76.3 cm³/mol. The Morgan fingerprint density at radius 3 is 2.61 bits per heavy atom. The Bertz CT molecular complexity index is 717. The van der Waals surface area contributed by atoms with Crippen molar-refractivity contribution in [2.24, 2.45) is 0 Å². The Morgan fingerprint density at radius 2 is 1.78 bits per heavy atom. The third kappa shape index (κ3) is 1.63. The average molecular weight is 234 g/mol. The lowest BCUT2D eigenvalue weighted by Crippen LogP contribution is -1.95. The van der Waals surface area contributed by atoms with Crippen molar-refractivity contribution in [1.82, 2.24) is 4.98 Å². The van der Waals surface area contributed by atoms with E-state index in [1.54, 1.807) is 6.20 Å². The number of aryl methyl sites for hydroxylation is 1. The van der Waals surface area contributed by atoms with E-state index in [4.69, 9.17) is 5.73 Å². The number of anilines is 1. The molecule has 18 heavy (non-hydrogen) atoms. The standard InChI is InChI=1S/C16H14N2/c1-11-8-9-12-5-2-3-6-13(12)15(11)14-7-4-10-18-16(14)17/h2-10H,1H3,(H2,17,18). The molecule has 3 rings (SSSR count). The summed E-state index contributed by atoms with van der Waals surface area (Å²) >= 11 is 0. The molecule has 1 heterocycles. The fourth-order valence-corrected chi connectivity index (χ4v) is 2.37. The fourth-order valence-electron chi connectivity index (χ4n) is 2.37. The summed E-state index contributed by atoms with van der Waals surface area (Å²) in [6.45, 7) is 2.11. The van der Waals surface area contributed by atoms with Crippen LogP contribution in [0.3, 0.4) is 0 Å². The van der Waals surface area contributed by atoms with E-state index in [9.17, 15) is 0 Å². The molecular formula is C16H14N2. The largest absolute Gasteiger partial charge is 0.383 e. The van der Waals surface area contributed by atoms with Gasteiger partial charge >= 0.3 is 0 Å². The van der Waals surface area contributed by atoms with Gasteiger partial charge < -0.3 is 5.73 Å². The zero-order valence-corrected chi connectivity index (χ0v) is 10.2. The number of benzene rings is 2. The van der Waals surface area contributed by atoms with Crippen LogP contribution in [-0.2, 0) is 0 Å². The van der Waals surface area contributed by atoms with Gasteiger partial charge in [0, 0.05) is 11.8 Å². The highest BCUT2D eigenvalue weighted by Gasteiger charge is 2.09. The van der Waals surface area contributed by atoms with E-state index in [1.165, 1.54) is 21.9 Å². The molecule has 0 radical (unpaired) electrons. The van der Waals surface area contributed by atoms with Gasteiger partial charge in [0.1, 0.15) is 5.82 Å². The first-order chi connectivity index (χ1) is 8.77. The molecule has 0 unspecified atom stereocenters. The number of pyridine rings is 1. The number of nitrogen functional groups attached to an aromatic ring is 1. The Balaban J connectivity index is 2.42. The van der Waals surface area contributed by atoms with Crippen molar-refractivity contribution in [2.45, 2.75) is 6.92 Å². The highest BCUT2D eigenvalue weighted by molar-refractivity contribution is 6.00. The quantitative estimate of drug-likeness (QED) is 0.695. The van der Waals surface area contributed by atoms with Crippen molar-refractivity contribution in [2.75, 3.05) is 5.73 Å². The van der Waals surface area contributed by atoms with Crippen molar-refractivity contribution in [3.8, 4) is 11.1 Å². The third-order valence-electron chi connectivity index (χ3n) is 3.25. The van der Waals surface area contributed by atoms with E-state index in [0.717, 1.165) is 5.56 Å². The molecule has 0 amide bonds. The molecule has 0 spiro atoms. The van der Waals surface area contributed by atoms with E-state index >= 15 is 0 Å². The van der Waals surface area contributed by atoms with E-state index in [0.29, 0.717) is 5.82 Å². The summed E-state index contributed by atoms with van der Waals surface area (Å²) in [7, 11) is 0. The van der Waals surface area contributed by atoms with Gasteiger partial charge in [0.05, 0.1) is 0 Å². The van der Waals surface area contributed by atoms with Crippen LogP contribution in [0, 0.1) is 6.92 Å². The molecule has 0 atom stereocenters. The lowest BCUT2D eigenvalue weighted by atomic mass is 9.94. The van der Waals surface area contributed by atoms with E-state index in [2.05, 4.69) is 42.2 Å². The molecule has 0 saturated heterocycles. The zero-order valence-electron chi connectivity index (χ0n) is 10.2. The van der Waals surface area contributed by atoms with Crippen LogP contribution in [0.15, 0.2) is 54.7 Å². The maximum atomic E-state index is 6.00. The van der Waals surface area contributed by atoms with Crippen LogP contribution in [0.2, 0.25) is 0 Å². The van der Waals surface area contributed by atoms with Crippen molar-refractivity contribution in [3.63, 3.8) is 0 Å². The summed E-state index contributed by atoms with van der Waals surface area (Å²) in [5.41, 5.74) is 9.40. The second-order valence-electron chi connectivity index (χ2n) is 4.41. The summed E-state index contributed by atoms with van der Waals surface area (Å²) in [6, 6.07) is 16.6. The number of rotatable bonds is 1. The third-order valence-corrected chi connectivity index (χ3v) is 3.25. The lowest BCUT2D eigenvalue weighted by molar-refractivity contribution is 1.33. The van der Waals surface area contributed by atoms with E-state index in [1.807, 2.05) is 18.2 Å². The second kappa shape index (κ2) is 4.15. The molecule has 2 nitrogen and oxygen atoms in total. The first-order valence-electron chi connectivity index (χ1n) is 5.96. The maximum absolute atomic E-state index is 6.00. The van der Waals surface area contributed by atoms with Crippen LogP contribution in [-0.4, -0.2) is 4.98 Å². The van der Waals surface area contributed by atoms with Crippen LogP contribution in [0.25, 0.3) is 21.9 Å². The van der Waals surface area contributed by atoms with Gasteiger partial charge in [-0.1, -0.05) is 36.4 Å². The minimum Gasteiger partial charge on any atom is -0.383 e. The predicted octanol–water partition coefficient (Wildman–Crippen LogP) is 3.79. The Morgan fingerprint density at radius 1 is 0.944 bits per heavy atom. The zero-order chi connectivity index (χ0) is 12.5. The summed E-state index contributed by atoms with van der Waals surface area (Å²) in [4.78, 5) is 4.18. The molecular weight excluding hydrogens is 220 g/mol. The van der Waals surface area contributed by atoms with Gasteiger partial charge in [0.15, 0.2) is 0 Å². The second-order valence-corrected chi connectivity index (χ2v) is 4.41. The minimum absolute atomic E-state index is 0.581. The molecule has 3 aromatic rings. The minimum atomic E-state index is 0.581. The van der Waals surface area contributed by atoms with Crippen molar-refractivity contribution in [3.05, 3.63) is 60.3 Å². The molecule has 0 bridgehead atoms. The molecule has 2 aromatic carbocycles. The molecule has 2 heteroatoms. The van der Waals surface area contributed by atoms with Gasteiger partial charge in [-0.25, -0.2) is 4.98 Å². The van der Waals surface area contributed by atoms with Crippen LogP contribution in [0.4, 0.5) is 5.82 Å². The first-order valence-corrected chi connectivity index (χ1v) is 5.96. The van der Waals surface area contributed by atoms with Gasteiger partial charge in [-0.05, 0) is 41.0 Å². The topological polar surface area (TPSA) is 38.9 Å². The number of nitrogens with two attached hydrogens (primary N) is 1. The number of hydrogen-bond donors (Lipinski definition) is 1. The van der Waals surface area contributed by atoms with Gasteiger partial charge in [-0.2, -0.15) is 0 Å². The van der Waals surface area contributed by atoms with Crippen LogP contribution in [0.5, 0.6) is 0 Å². The summed E-state index contributed by atoms with van der Waals surface area (Å²) in [6.07, 6.45) is 1.72. The smallest absolute Gasteiger partial charge is 0.131 e. The van der Waals surface area contributed by atoms with Crippen LogP contribution < -0.4 is 5.73 Å². The summed E-state index contributed by atoms with van der Waals surface area (Å²) < 4.78 is 0. The number of aromatic nitrogens is 1. The molecule has 0 aliphatic carbocycles. The molecule has 0 aliphatic heterocycles. The van der Waals surface area contributed by atoms with Crippen LogP contribution >= 0.6 is 0 Å². The summed E-state index contributed by atoms with van der Waals surface area (Å²) in [5.74, 6) is 0.581. The highest BCUT2D eigenvalue weighted by Crippen LogP contribution is 2.34. The molecule has 2 N–H and O–H groups in total. The van der Waals surface area contributed by atoms with Gasteiger partial charge in [0.2, 0.25) is 0 Å². The van der Waals surface area contributed by atoms with Crippen molar-refractivity contribution >= 4 is 16.6 Å². The van der Waals surface area contributed by atoms with E-state index in [-0.39, 0.29) is 0 Å². The van der Waals surface area contributed by atoms with Gasteiger partial charge in [-0.15, -0.1) is 0 Å². The number of nitrogens with zero attached hydrogens (tertiary/aromatic N) is 1. The molecule has 0 fully saturated rings.